The van der Waals surface area contributed by atoms with Crippen LogP contribution in [0.4, 0.5) is 5.69 Å². The minimum Gasteiger partial charge on any atom is -0.465 e. The number of hydrogen-bond acceptors (Lipinski definition) is 5. The summed E-state index contributed by atoms with van der Waals surface area (Å²) in [7, 11) is 1.32. The topological polar surface area (TPSA) is 68.3 Å². The lowest BCUT2D eigenvalue weighted by Gasteiger charge is -2.07. The number of anilines is 1. The van der Waals surface area contributed by atoms with Gasteiger partial charge < -0.3 is 10.1 Å². The van der Waals surface area contributed by atoms with Gasteiger partial charge in [0.1, 0.15) is 0 Å². The number of benzene rings is 2. The Hall–Kier alpha value is -2.73. The molecule has 2 aromatic carbocycles. The molecule has 1 aromatic heterocycles. The highest BCUT2D eigenvalue weighted by atomic mass is 32.1. The lowest BCUT2D eigenvalue weighted by atomic mass is 10.1. The van der Waals surface area contributed by atoms with E-state index >= 15 is 0 Å². The quantitative estimate of drug-likeness (QED) is 0.753. The van der Waals surface area contributed by atoms with Crippen molar-refractivity contribution >= 4 is 39.1 Å². The Morgan fingerprint density at radius 3 is 2.82 bits per heavy atom. The van der Waals surface area contributed by atoms with Gasteiger partial charge in [0.25, 0.3) is 5.91 Å². The number of aromatic nitrogens is 1. The van der Waals surface area contributed by atoms with Gasteiger partial charge in [-0.1, -0.05) is 6.07 Å². The van der Waals surface area contributed by atoms with Crippen molar-refractivity contribution in [3.63, 3.8) is 0 Å². The third-order valence-corrected chi connectivity index (χ3v) is 3.93. The van der Waals surface area contributed by atoms with Gasteiger partial charge in [-0.25, -0.2) is 9.78 Å². The third kappa shape index (κ3) is 2.82. The Balaban J connectivity index is 1.83. The monoisotopic (exact) mass is 312 g/mol. The minimum absolute atomic E-state index is 0.239. The standard InChI is InChI=1S/C16H12N2O3S/c1-21-16(20)11-3-2-4-12(7-11)18-15(19)10-5-6-13-14(8-10)22-9-17-13/h2-9H,1H3,(H,18,19). The molecule has 0 aliphatic rings. The number of nitrogens with one attached hydrogen (secondary N) is 1. The molecule has 3 rings (SSSR count). The van der Waals surface area contributed by atoms with E-state index in [0.717, 1.165) is 10.2 Å². The Morgan fingerprint density at radius 1 is 1.14 bits per heavy atom. The van der Waals surface area contributed by atoms with E-state index in [1.807, 2.05) is 6.07 Å². The van der Waals surface area contributed by atoms with Crippen LogP contribution >= 0.6 is 11.3 Å². The number of esters is 1. The summed E-state index contributed by atoms with van der Waals surface area (Å²) < 4.78 is 5.62. The number of carbonyl (C=O) groups is 2. The molecule has 5 nitrogen and oxygen atoms in total. The van der Waals surface area contributed by atoms with Crippen LogP contribution in [-0.4, -0.2) is 24.0 Å². The Kier molecular flexibility index (Phi) is 3.84. The number of rotatable bonds is 3. The van der Waals surface area contributed by atoms with E-state index in [2.05, 4.69) is 15.0 Å². The number of amides is 1. The summed E-state index contributed by atoms with van der Waals surface area (Å²) >= 11 is 1.48. The Bertz CT molecular complexity index is 857. The van der Waals surface area contributed by atoms with Gasteiger partial charge in [-0.05, 0) is 36.4 Å². The van der Waals surface area contributed by atoms with E-state index in [0.29, 0.717) is 16.8 Å². The molecule has 22 heavy (non-hydrogen) atoms. The maximum absolute atomic E-state index is 12.3. The largest absolute Gasteiger partial charge is 0.465 e. The highest BCUT2D eigenvalue weighted by Gasteiger charge is 2.10. The van der Waals surface area contributed by atoms with Crippen molar-refractivity contribution in [2.75, 3.05) is 12.4 Å². The predicted octanol–water partition coefficient (Wildman–Crippen LogP) is 3.34. The molecule has 0 unspecified atom stereocenters. The third-order valence-electron chi connectivity index (χ3n) is 3.13. The number of ether oxygens (including phenoxy) is 1. The van der Waals surface area contributed by atoms with Crippen LogP contribution in [0.1, 0.15) is 20.7 Å². The van der Waals surface area contributed by atoms with E-state index in [-0.39, 0.29) is 5.91 Å². The zero-order chi connectivity index (χ0) is 15.5. The summed E-state index contributed by atoms with van der Waals surface area (Å²) in [4.78, 5) is 28.0. The van der Waals surface area contributed by atoms with Gasteiger partial charge in [-0.3, -0.25) is 4.79 Å². The van der Waals surface area contributed by atoms with Crippen LogP contribution in [0.2, 0.25) is 0 Å². The van der Waals surface area contributed by atoms with Crippen LogP contribution in [0.15, 0.2) is 48.0 Å². The number of carbonyl (C=O) groups excluding carboxylic acids is 2. The smallest absolute Gasteiger partial charge is 0.337 e. The first-order chi connectivity index (χ1) is 10.7. The zero-order valence-corrected chi connectivity index (χ0v) is 12.5. The fourth-order valence-corrected chi connectivity index (χ4v) is 2.76. The highest BCUT2D eigenvalue weighted by Crippen LogP contribution is 2.20. The summed E-state index contributed by atoms with van der Waals surface area (Å²) in [6, 6.07) is 11.9. The first kappa shape index (κ1) is 14.2. The van der Waals surface area contributed by atoms with E-state index in [1.165, 1.54) is 18.4 Å². The normalized spacial score (nSPS) is 10.4. The molecule has 1 N–H and O–H groups in total. The first-order valence-corrected chi connectivity index (χ1v) is 7.38. The summed E-state index contributed by atoms with van der Waals surface area (Å²) in [5.74, 6) is -0.681. The van der Waals surface area contributed by atoms with Crippen molar-refractivity contribution in [2.45, 2.75) is 0 Å². The van der Waals surface area contributed by atoms with Crippen LogP contribution in [0.3, 0.4) is 0 Å². The Labute approximate surface area is 130 Å². The van der Waals surface area contributed by atoms with Gasteiger partial charge in [-0.2, -0.15) is 0 Å². The second-order valence-corrected chi connectivity index (χ2v) is 5.45. The van der Waals surface area contributed by atoms with Gasteiger partial charge in [0.15, 0.2) is 0 Å². The van der Waals surface area contributed by atoms with E-state index in [1.54, 1.807) is 41.9 Å². The first-order valence-electron chi connectivity index (χ1n) is 6.50. The molecule has 0 saturated carbocycles. The van der Waals surface area contributed by atoms with Crippen molar-refractivity contribution < 1.29 is 14.3 Å². The molecular formula is C16H12N2O3S. The second-order valence-electron chi connectivity index (χ2n) is 4.56. The lowest BCUT2D eigenvalue weighted by Crippen LogP contribution is -2.12. The van der Waals surface area contributed by atoms with Gasteiger partial charge >= 0.3 is 5.97 Å². The molecule has 3 aromatic rings. The molecule has 0 fully saturated rings. The number of fused-ring (bicyclic) bond motifs is 1. The van der Waals surface area contributed by atoms with Crippen molar-refractivity contribution in [1.29, 1.82) is 0 Å². The number of nitrogens with zero attached hydrogens (tertiary/aromatic N) is 1. The molecule has 6 heteroatoms. The molecule has 0 aliphatic heterocycles. The molecule has 0 bridgehead atoms. The lowest BCUT2D eigenvalue weighted by molar-refractivity contribution is 0.0600. The minimum atomic E-state index is -0.442. The molecule has 0 radical (unpaired) electrons. The molecule has 1 heterocycles. The maximum atomic E-state index is 12.3. The number of methoxy groups -OCH3 is 1. The Morgan fingerprint density at radius 2 is 2.00 bits per heavy atom. The van der Waals surface area contributed by atoms with Crippen molar-refractivity contribution in [1.82, 2.24) is 4.98 Å². The average molecular weight is 312 g/mol. The molecule has 0 atom stereocenters. The molecule has 1 amide bonds. The van der Waals surface area contributed by atoms with Gasteiger partial charge in [0.2, 0.25) is 0 Å². The SMILES string of the molecule is COC(=O)c1cccc(NC(=O)c2ccc3ncsc3c2)c1. The van der Waals surface area contributed by atoms with Crippen molar-refractivity contribution in [2.24, 2.45) is 0 Å². The van der Waals surface area contributed by atoms with Crippen molar-refractivity contribution in [3.8, 4) is 0 Å². The number of hydrogen-bond donors (Lipinski definition) is 1. The van der Waals surface area contributed by atoms with E-state index < -0.39 is 5.97 Å². The van der Waals surface area contributed by atoms with Gasteiger partial charge in [0, 0.05) is 11.3 Å². The second kappa shape index (κ2) is 5.95. The fourth-order valence-electron chi connectivity index (χ4n) is 2.04. The fraction of sp³-hybridized carbons (Fsp3) is 0.0625. The van der Waals surface area contributed by atoms with E-state index in [4.69, 9.17) is 0 Å². The molecular weight excluding hydrogens is 300 g/mol. The summed E-state index contributed by atoms with van der Waals surface area (Å²) in [5, 5.41) is 2.77. The number of thiazole rings is 1. The predicted molar refractivity (Wildman–Crippen MR) is 85.4 cm³/mol. The molecule has 0 spiro atoms. The summed E-state index contributed by atoms with van der Waals surface area (Å²) in [6.45, 7) is 0. The van der Waals surface area contributed by atoms with Gasteiger partial charge in [-0.15, -0.1) is 11.3 Å². The van der Waals surface area contributed by atoms with Crippen LogP contribution in [0.5, 0.6) is 0 Å². The zero-order valence-electron chi connectivity index (χ0n) is 11.7. The van der Waals surface area contributed by atoms with Crippen LogP contribution < -0.4 is 5.32 Å². The van der Waals surface area contributed by atoms with Gasteiger partial charge in [0.05, 0.1) is 28.4 Å². The van der Waals surface area contributed by atoms with Crippen molar-refractivity contribution in [3.05, 3.63) is 59.1 Å². The molecule has 0 aliphatic carbocycles. The molecule has 110 valence electrons. The van der Waals surface area contributed by atoms with E-state index in [9.17, 15) is 9.59 Å². The summed E-state index contributed by atoms with van der Waals surface area (Å²) in [5.41, 5.74) is 4.08. The van der Waals surface area contributed by atoms with Crippen LogP contribution in [0.25, 0.3) is 10.2 Å². The van der Waals surface area contributed by atoms with Crippen LogP contribution in [-0.2, 0) is 4.74 Å². The maximum Gasteiger partial charge on any atom is 0.337 e. The average Bonchev–Trinajstić information content (AvgIpc) is 3.01. The molecule has 0 saturated heterocycles. The highest BCUT2D eigenvalue weighted by molar-refractivity contribution is 7.16. The summed E-state index contributed by atoms with van der Waals surface area (Å²) in [6.07, 6.45) is 0. The van der Waals surface area contributed by atoms with Crippen LogP contribution in [0, 0.1) is 0 Å².